The molecule has 0 fully saturated rings. The van der Waals surface area contributed by atoms with Crippen LogP contribution in [-0.2, 0) is 11.0 Å². The lowest BCUT2D eigenvalue weighted by atomic mass is 10.1. The van der Waals surface area contributed by atoms with Crippen LogP contribution >= 0.6 is 11.3 Å². The molecule has 0 radical (unpaired) electrons. The average Bonchev–Trinajstić information content (AvgIpc) is 3.15. The third-order valence-corrected chi connectivity index (χ3v) is 4.81. The molecule has 31 heavy (non-hydrogen) atoms. The number of anilines is 1. The van der Waals surface area contributed by atoms with E-state index in [0.717, 1.165) is 35.6 Å². The zero-order valence-electron chi connectivity index (χ0n) is 15.6. The van der Waals surface area contributed by atoms with E-state index in [1.165, 1.54) is 17.5 Å². The van der Waals surface area contributed by atoms with Crippen LogP contribution in [0.2, 0.25) is 0 Å². The molecule has 0 aliphatic heterocycles. The summed E-state index contributed by atoms with van der Waals surface area (Å²) in [6.45, 7) is -0.118. The van der Waals surface area contributed by atoms with Gasteiger partial charge < -0.3 is 10.6 Å². The van der Waals surface area contributed by atoms with Crippen LogP contribution in [0.25, 0.3) is 11.3 Å². The van der Waals surface area contributed by atoms with Gasteiger partial charge in [0.2, 0.25) is 5.91 Å². The summed E-state index contributed by atoms with van der Waals surface area (Å²) in [7, 11) is 0. The van der Waals surface area contributed by atoms with Crippen molar-refractivity contribution in [1.29, 1.82) is 0 Å². The van der Waals surface area contributed by atoms with Gasteiger partial charge in [0.15, 0.2) is 5.13 Å². The van der Waals surface area contributed by atoms with Crippen LogP contribution < -0.4 is 10.6 Å². The number of carbonyl (C=O) groups is 2. The van der Waals surface area contributed by atoms with Crippen molar-refractivity contribution in [2.45, 2.75) is 12.6 Å². The minimum Gasteiger partial charge on any atom is -0.351 e. The van der Waals surface area contributed by atoms with E-state index in [0.29, 0.717) is 6.07 Å². The van der Waals surface area contributed by atoms with E-state index in [9.17, 15) is 31.5 Å². The predicted octanol–water partition coefficient (Wildman–Crippen LogP) is 4.87. The highest BCUT2D eigenvalue weighted by Crippen LogP contribution is 2.33. The first-order valence-corrected chi connectivity index (χ1v) is 9.68. The number of nitrogens with one attached hydrogen (secondary N) is 2. The van der Waals surface area contributed by atoms with Crippen molar-refractivity contribution in [3.05, 3.63) is 70.6 Å². The van der Waals surface area contributed by atoms with Crippen molar-refractivity contribution in [3.8, 4) is 11.3 Å². The van der Waals surface area contributed by atoms with E-state index in [4.69, 9.17) is 0 Å². The van der Waals surface area contributed by atoms with E-state index in [1.807, 2.05) is 0 Å². The maximum absolute atomic E-state index is 13.6. The Bertz CT molecular complexity index is 1110. The van der Waals surface area contributed by atoms with E-state index in [-0.39, 0.29) is 34.9 Å². The number of hydrogen-bond acceptors (Lipinski definition) is 4. The van der Waals surface area contributed by atoms with Gasteiger partial charge in [-0.3, -0.25) is 9.59 Å². The highest BCUT2D eigenvalue weighted by Gasteiger charge is 2.30. The molecule has 162 valence electrons. The Morgan fingerprint density at radius 3 is 2.55 bits per heavy atom. The summed E-state index contributed by atoms with van der Waals surface area (Å²) in [4.78, 5) is 28.0. The van der Waals surface area contributed by atoms with Crippen LogP contribution in [0.15, 0.2) is 47.8 Å². The number of alkyl halides is 3. The Morgan fingerprint density at radius 1 is 1.06 bits per heavy atom. The summed E-state index contributed by atoms with van der Waals surface area (Å²) in [5, 5.41) is 6.50. The number of carbonyl (C=O) groups excluding carboxylic acids is 2. The molecule has 0 saturated carbocycles. The van der Waals surface area contributed by atoms with E-state index < -0.39 is 35.2 Å². The number of nitrogens with zero attached hydrogens (tertiary/aromatic N) is 1. The van der Waals surface area contributed by atoms with Crippen LogP contribution in [-0.4, -0.2) is 23.3 Å². The summed E-state index contributed by atoms with van der Waals surface area (Å²) in [5.74, 6) is -3.15. The Labute approximate surface area is 176 Å². The highest BCUT2D eigenvalue weighted by molar-refractivity contribution is 7.14. The maximum atomic E-state index is 13.6. The van der Waals surface area contributed by atoms with Gasteiger partial charge in [-0.25, -0.2) is 13.8 Å². The van der Waals surface area contributed by atoms with Crippen LogP contribution in [0.5, 0.6) is 0 Å². The van der Waals surface area contributed by atoms with Crippen molar-refractivity contribution in [3.63, 3.8) is 0 Å². The molecular formula is C20H14F5N3O2S. The molecule has 2 N–H and O–H groups in total. The minimum atomic E-state index is -4.48. The first kappa shape index (κ1) is 22.3. The molecule has 0 spiro atoms. The Morgan fingerprint density at radius 2 is 1.84 bits per heavy atom. The summed E-state index contributed by atoms with van der Waals surface area (Å²) >= 11 is 1.03. The largest absolute Gasteiger partial charge is 0.416 e. The fourth-order valence-electron chi connectivity index (χ4n) is 2.56. The lowest BCUT2D eigenvalue weighted by Gasteiger charge is -2.07. The number of aromatic nitrogens is 1. The lowest BCUT2D eigenvalue weighted by Crippen LogP contribution is -2.28. The van der Waals surface area contributed by atoms with Gasteiger partial charge in [-0.2, -0.15) is 13.2 Å². The smallest absolute Gasteiger partial charge is 0.351 e. The second kappa shape index (κ2) is 9.21. The van der Waals surface area contributed by atoms with Crippen molar-refractivity contribution in [1.82, 2.24) is 10.3 Å². The fourth-order valence-corrected chi connectivity index (χ4v) is 3.29. The van der Waals surface area contributed by atoms with Gasteiger partial charge in [0.1, 0.15) is 11.6 Å². The van der Waals surface area contributed by atoms with Gasteiger partial charge in [0.05, 0.1) is 16.8 Å². The SMILES string of the molecule is O=C(CCNC(=O)c1ccc(F)cc1F)Nc1nc(-c2cccc(C(F)(F)F)c2)cs1. The standard InChI is InChI=1S/C20H14F5N3O2S/c21-13-4-5-14(15(22)9-13)18(30)26-7-6-17(29)28-19-27-16(10-31-19)11-2-1-3-12(8-11)20(23,24)25/h1-5,8-10H,6-7H2,(H,26,30)(H,27,28,29). The number of halogens is 5. The van der Waals surface area contributed by atoms with Crippen molar-refractivity contribution in [2.75, 3.05) is 11.9 Å². The monoisotopic (exact) mass is 455 g/mol. The summed E-state index contributed by atoms with van der Waals surface area (Å²) < 4.78 is 65.0. The number of thiazole rings is 1. The molecule has 0 atom stereocenters. The molecule has 0 aliphatic carbocycles. The van der Waals surface area contributed by atoms with Gasteiger partial charge >= 0.3 is 6.18 Å². The molecule has 5 nitrogen and oxygen atoms in total. The second-order valence-corrected chi connectivity index (χ2v) is 7.15. The fraction of sp³-hybridized carbons (Fsp3) is 0.150. The molecule has 11 heteroatoms. The number of amides is 2. The normalized spacial score (nSPS) is 11.3. The molecule has 1 heterocycles. The van der Waals surface area contributed by atoms with Crippen LogP contribution in [0.1, 0.15) is 22.3 Å². The van der Waals surface area contributed by atoms with Gasteiger partial charge in [0.25, 0.3) is 5.91 Å². The molecular weight excluding hydrogens is 441 g/mol. The van der Waals surface area contributed by atoms with Crippen molar-refractivity contribution < 1.29 is 31.5 Å². The molecule has 0 bridgehead atoms. The van der Waals surface area contributed by atoms with Crippen molar-refractivity contribution >= 4 is 28.3 Å². The Kier molecular flexibility index (Phi) is 6.64. The summed E-state index contributed by atoms with van der Waals surface area (Å²) in [6.07, 6.45) is -4.64. The molecule has 0 unspecified atom stereocenters. The molecule has 0 saturated heterocycles. The molecule has 2 aromatic carbocycles. The number of benzene rings is 2. The highest BCUT2D eigenvalue weighted by atomic mass is 32.1. The maximum Gasteiger partial charge on any atom is 0.416 e. The van der Waals surface area contributed by atoms with Gasteiger partial charge in [-0.05, 0) is 24.3 Å². The Balaban J connectivity index is 1.54. The van der Waals surface area contributed by atoms with Crippen molar-refractivity contribution in [2.24, 2.45) is 0 Å². The summed E-state index contributed by atoms with van der Waals surface area (Å²) in [5.41, 5.74) is -0.643. The Hall–Kier alpha value is -3.34. The zero-order chi connectivity index (χ0) is 22.6. The minimum absolute atomic E-state index is 0.118. The second-order valence-electron chi connectivity index (χ2n) is 6.29. The first-order valence-electron chi connectivity index (χ1n) is 8.80. The quantitative estimate of drug-likeness (QED) is 0.522. The third-order valence-electron chi connectivity index (χ3n) is 4.05. The zero-order valence-corrected chi connectivity index (χ0v) is 16.4. The molecule has 3 aromatic rings. The number of rotatable bonds is 6. The molecule has 2 amide bonds. The van der Waals surface area contributed by atoms with Crippen LogP contribution in [0.3, 0.4) is 0 Å². The van der Waals surface area contributed by atoms with Crippen LogP contribution in [0, 0.1) is 11.6 Å². The van der Waals surface area contributed by atoms with E-state index in [2.05, 4.69) is 15.6 Å². The van der Waals surface area contributed by atoms with E-state index >= 15 is 0 Å². The topological polar surface area (TPSA) is 71.1 Å². The molecule has 3 rings (SSSR count). The lowest BCUT2D eigenvalue weighted by molar-refractivity contribution is -0.137. The van der Waals surface area contributed by atoms with E-state index in [1.54, 1.807) is 0 Å². The third kappa shape index (κ3) is 5.85. The molecule has 1 aromatic heterocycles. The van der Waals surface area contributed by atoms with Gasteiger partial charge in [0, 0.05) is 30.0 Å². The van der Waals surface area contributed by atoms with Gasteiger partial charge in [-0.15, -0.1) is 11.3 Å². The van der Waals surface area contributed by atoms with Gasteiger partial charge in [-0.1, -0.05) is 12.1 Å². The average molecular weight is 455 g/mol. The molecule has 0 aliphatic rings. The van der Waals surface area contributed by atoms with Crippen LogP contribution in [0.4, 0.5) is 27.1 Å². The first-order chi connectivity index (χ1) is 14.6. The predicted molar refractivity (Wildman–Crippen MR) is 104 cm³/mol. The summed E-state index contributed by atoms with van der Waals surface area (Å²) in [6, 6.07) is 7.16. The number of hydrogen-bond donors (Lipinski definition) is 2.